The van der Waals surface area contributed by atoms with E-state index in [4.69, 9.17) is 0 Å². The van der Waals surface area contributed by atoms with Crippen molar-refractivity contribution in [2.45, 2.75) is 20.3 Å². The van der Waals surface area contributed by atoms with Crippen LogP contribution in [0.25, 0.3) is 0 Å². The lowest BCUT2D eigenvalue weighted by atomic mass is 10.0. The van der Waals surface area contributed by atoms with Crippen molar-refractivity contribution in [1.29, 1.82) is 0 Å². The summed E-state index contributed by atoms with van der Waals surface area (Å²) < 4.78 is 0. The van der Waals surface area contributed by atoms with Gasteiger partial charge in [-0.3, -0.25) is 0 Å². The summed E-state index contributed by atoms with van der Waals surface area (Å²) >= 11 is 0. The normalized spacial score (nSPS) is 9.58. The molecule has 0 unspecified atom stereocenters. The fourth-order valence-corrected chi connectivity index (χ4v) is 1.12. The molecule has 0 fully saturated rings. The lowest BCUT2D eigenvalue weighted by Gasteiger charge is -2.05. The first-order valence-electron chi connectivity index (χ1n) is 3.97. The van der Waals surface area contributed by atoms with E-state index < -0.39 is 0 Å². The van der Waals surface area contributed by atoms with Crippen LogP contribution in [0.3, 0.4) is 0 Å². The van der Waals surface area contributed by atoms with Gasteiger partial charge in [0.2, 0.25) is 0 Å². The van der Waals surface area contributed by atoms with Crippen molar-refractivity contribution in [2.75, 3.05) is 0 Å². The molecular weight excluding hydrogens is 163 g/mol. The van der Waals surface area contributed by atoms with Crippen LogP contribution in [-0.2, 0) is 6.42 Å². The van der Waals surface area contributed by atoms with Crippen molar-refractivity contribution in [3.63, 3.8) is 0 Å². The number of para-hydroxylation sites is 1. The highest BCUT2D eigenvalue weighted by atomic mass is 27.0. The molecule has 0 amide bonds. The van der Waals surface area contributed by atoms with E-state index in [1.54, 1.807) is 6.07 Å². The van der Waals surface area contributed by atoms with Gasteiger partial charge in [-0.05, 0) is 24.0 Å². The van der Waals surface area contributed by atoms with Crippen LogP contribution in [0, 0.1) is 5.92 Å². The third-order valence-corrected chi connectivity index (χ3v) is 1.62. The van der Waals surface area contributed by atoms with E-state index in [0.717, 1.165) is 12.0 Å². The summed E-state index contributed by atoms with van der Waals surface area (Å²) in [6.45, 7) is 4.29. The number of phenolic OH excluding ortho intramolecular Hbond substituents is 1. The Balaban J connectivity index is 0.00000121. The van der Waals surface area contributed by atoms with Crippen LogP contribution in [0.15, 0.2) is 24.3 Å². The second-order valence-electron chi connectivity index (χ2n) is 3.23. The van der Waals surface area contributed by atoms with E-state index in [-0.39, 0.29) is 17.4 Å². The highest BCUT2D eigenvalue weighted by molar-refractivity contribution is 5.75. The molecule has 0 saturated heterocycles. The predicted molar refractivity (Wildman–Crippen MR) is 56.6 cm³/mol. The first kappa shape index (κ1) is 11.6. The van der Waals surface area contributed by atoms with Gasteiger partial charge in [0.15, 0.2) is 17.4 Å². The Labute approximate surface area is 84.6 Å². The maximum atomic E-state index is 9.36. The molecule has 0 bridgehead atoms. The minimum atomic E-state index is 0. The third-order valence-electron chi connectivity index (χ3n) is 1.62. The Morgan fingerprint density at radius 1 is 1.25 bits per heavy atom. The molecular formula is C10H17AlO. The summed E-state index contributed by atoms with van der Waals surface area (Å²) in [5.41, 5.74) is 1.04. The van der Waals surface area contributed by atoms with E-state index in [0.29, 0.717) is 11.7 Å². The zero-order valence-corrected chi connectivity index (χ0v) is 7.04. The monoisotopic (exact) mass is 180 g/mol. The quantitative estimate of drug-likeness (QED) is 0.682. The summed E-state index contributed by atoms with van der Waals surface area (Å²) in [5.74, 6) is 1.02. The number of benzene rings is 1. The Morgan fingerprint density at radius 2 is 1.83 bits per heavy atom. The largest absolute Gasteiger partial charge is 0.508 e. The van der Waals surface area contributed by atoms with Crippen LogP contribution in [0.2, 0.25) is 0 Å². The van der Waals surface area contributed by atoms with Crippen LogP contribution < -0.4 is 0 Å². The van der Waals surface area contributed by atoms with Gasteiger partial charge < -0.3 is 5.11 Å². The topological polar surface area (TPSA) is 20.2 Å². The molecule has 0 saturated carbocycles. The molecule has 1 aromatic rings. The van der Waals surface area contributed by atoms with E-state index in [1.807, 2.05) is 18.2 Å². The van der Waals surface area contributed by atoms with Crippen LogP contribution in [0.1, 0.15) is 19.4 Å². The molecule has 1 N–H and O–H groups in total. The molecule has 2 heteroatoms. The molecule has 0 radical (unpaired) electrons. The fraction of sp³-hybridized carbons (Fsp3) is 0.400. The molecule has 0 aliphatic heterocycles. The van der Waals surface area contributed by atoms with E-state index in [2.05, 4.69) is 13.8 Å². The molecule has 0 heterocycles. The molecule has 12 heavy (non-hydrogen) atoms. The average molecular weight is 180 g/mol. The van der Waals surface area contributed by atoms with Gasteiger partial charge in [0.05, 0.1) is 0 Å². The Hall–Kier alpha value is -0.448. The number of phenols is 1. The van der Waals surface area contributed by atoms with Crippen LogP contribution >= 0.6 is 0 Å². The van der Waals surface area contributed by atoms with Gasteiger partial charge in [0, 0.05) is 0 Å². The van der Waals surface area contributed by atoms with Gasteiger partial charge in [0.1, 0.15) is 5.75 Å². The van der Waals surface area contributed by atoms with Crippen LogP contribution in [-0.4, -0.2) is 22.5 Å². The minimum Gasteiger partial charge on any atom is -0.508 e. The molecule has 1 aromatic carbocycles. The molecule has 1 nitrogen and oxygen atoms in total. The van der Waals surface area contributed by atoms with Crippen molar-refractivity contribution >= 4 is 17.4 Å². The first-order valence-corrected chi connectivity index (χ1v) is 3.97. The zero-order valence-electron chi connectivity index (χ0n) is 7.04. The number of aromatic hydroxyl groups is 1. The molecule has 0 aliphatic carbocycles. The van der Waals surface area contributed by atoms with Crippen molar-refractivity contribution in [3.05, 3.63) is 29.8 Å². The summed E-state index contributed by atoms with van der Waals surface area (Å²) in [6.07, 6.45) is 0.951. The third kappa shape index (κ3) is 3.30. The number of rotatable bonds is 2. The molecule has 0 aromatic heterocycles. The van der Waals surface area contributed by atoms with Gasteiger partial charge in [-0.2, -0.15) is 0 Å². The maximum Gasteiger partial charge on any atom is 0.187 e. The second kappa shape index (κ2) is 5.24. The van der Waals surface area contributed by atoms with Gasteiger partial charge in [-0.15, -0.1) is 0 Å². The Morgan fingerprint density at radius 3 is 2.33 bits per heavy atom. The maximum absolute atomic E-state index is 9.36. The van der Waals surface area contributed by atoms with Crippen molar-refractivity contribution in [1.82, 2.24) is 0 Å². The first-order chi connectivity index (χ1) is 5.20. The van der Waals surface area contributed by atoms with Crippen molar-refractivity contribution < 1.29 is 5.11 Å². The van der Waals surface area contributed by atoms with Gasteiger partial charge in [-0.1, -0.05) is 32.0 Å². The van der Waals surface area contributed by atoms with Gasteiger partial charge in [0.25, 0.3) is 0 Å². The van der Waals surface area contributed by atoms with Crippen LogP contribution in [0.5, 0.6) is 5.75 Å². The smallest absolute Gasteiger partial charge is 0.187 e. The number of hydrogen-bond donors (Lipinski definition) is 1. The molecule has 0 atom stereocenters. The highest BCUT2D eigenvalue weighted by Gasteiger charge is 2.00. The summed E-state index contributed by atoms with van der Waals surface area (Å²) in [7, 11) is 0. The Kier molecular flexibility index (Phi) is 5.05. The van der Waals surface area contributed by atoms with E-state index in [1.165, 1.54) is 0 Å². The summed E-state index contributed by atoms with van der Waals surface area (Å²) in [5, 5.41) is 9.36. The lowest BCUT2D eigenvalue weighted by molar-refractivity contribution is 0.462. The highest BCUT2D eigenvalue weighted by Crippen LogP contribution is 2.18. The lowest BCUT2D eigenvalue weighted by Crippen LogP contribution is -1.93. The molecule has 0 aliphatic rings. The van der Waals surface area contributed by atoms with E-state index >= 15 is 0 Å². The SMILES string of the molecule is CC(C)Cc1ccccc1O.[AlH3]. The fourth-order valence-electron chi connectivity index (χ4n) is 1.12. The zero-order chi connectivity index (χ0) is 8.27. The van der Waals surface area contributed by atoms with Crippen LogP contribution in [0.4, 0.5) is 0 Å². The molecule has 1 rings (SSSR count). The Bertz CT molecular complexity index is 233. The molecule has 0 spiro atoms. The van der Waals surface area contributed by atoms with Gasteiger partial charge in [-0.25, -0.2) is 0 Å². The predicted octanol–water partition coefficient (Wildman–Crippen LogP) is 1.41. The minimum absolute atomic E-state index is 0. The van der Waals surface area contributed by atoms with Crippen molar-refractivity contribution in [3.8, 4) is 5.75 Å². The standard InChI is InChI=1S/C10H14O.Al.3H/c1-8(2)7-9-5-3-4-6-10(9)11;;;;/h3-6,8,11H,7H2,1-2H3;;;;. The van der Waals surface area contributed by atoms with Gasteiger partial charge >= 0.3 is 0 Å². The summed E-state index contributed by atoms with van der Waals surface area (Å²) in [6, 6.07) is 7.50. The number of hydrogen-bond acceptors (Lipinski definition) is 1. The second-order valence-corrected chi connectivity index (χ2v) is 3.23. The average Bonchev–Trinajstić information content (AvgIpc) is 1.93. The summed E-state index contributed by atoms with van der Waals surface area (Å²) in [4.78, 5) is 0. The molecule has 66 valence electrons. The van der Waals surface area contributed by atoms with Crippen molar-refractivity contribution in [2.24, 2.45) is 5.92 Å². The van der Waals surface area contributed by atoms with E-state index in [9.17, 15) is 5.11 Å².